The first-order chi connectivity index (χ1) is 18.8. The first-order valence-electron chi connectivity index (χ1n) is 12.3. The highest BCUT2D eigenvalue weighted by molar-refractivity contribution is 7.14. The molecule has 1 heterocycles. The molecule has 0 saturated heterocycles. The van der Waals surface area contributed by atoms with Gasteiger partial charge in [-0.2, -0.15) is 5.26 Å². The van der Waals surface area contributed by atoms with Crippen LogP contribution in [0.15, 0.2) is 54.1 Å². The van der Waals surface area contributed by atoms with E-state index < -0.39 is 17.7 Å². The maximum Gasteiger partial charge on any atom is 0.348 e. The van der Waals surface area contributed by atoms with Crippen LogP contribution in [0.4, 0.5) is 0 Å². The van der Waals surface area contributed by atoms with Crippen LogP contribution in [0.25, 0.3) is 6.08 Å². The number of methoxy groups -OCH3 is 1. The second kappa shape index (κ2) is 13.9. The van der Waals surface area contributed by atoms with E-state index in [0.29, 0.717) is 34.1 Å². The lowest BCUT2D eigenvalue weighted by atomic mass is 10.0. The third-order valence-electron chi connectivity index (χ3n) is 5.64. The summed E-state index contributed by atoms with van der Waals surface area (Å²) < 4.78 is 21.6. The van der Waals surface area contributed by atoms with Gasteiger partial charge in [0.05, 0.1) is 31.5 Å². The molecule has 202 valence electrons. The molecule has 39 heavy (non-hydrogen) atoms. The molecule has 1 aromatic heterocycles. The van der Waals surface area contributed by atoms with Crippen molar-refractivity contribution in [1.82, 2.24) is 0 Å². The van der Waals surface area contributed by atoms with Gasteiger partial charge in [0.15, 0.2) is 17.3 Å². The molecule has 3 rings (SSSR count). The molecule has 0 aliphatic heterocycles. The maximum absolute atomic E-state index is 13.2. The van der Waals surface area contributed by atoms with Crippen molar-refractivity contribution in [2.75, 3.05) is 20.3 Å². The van der Waals surface area contributed by atoms with Gasteiger partial charge in [-0.25, -0.2) is 9.59 Å². The summed E-state index contributed by atoms with van der Waals surface area (Å²) in [6.07, 6.45) is 1.19. The van der Waals surface area contributed by atoms with Crippen LogP contribution in [0.5, 0.6) is 11.5 Å². The summed E-state index contributed by atoms with van der Waals surface area (Å²) in [5.74, 6) is -0.766. The number of hydrogen-bond donors (Lipinski definition) is 0. The molecule has 0 aliphatic rings. The Kier molecular flexibility index (Phi) is 10.4. The molecule has 0 radical (unpaired) electrons. The molecule has 9 heteroatoms. The van der Waals surface area contributed by atoms with Gasteiger partial charge in [0.1, 0.15) is 17.6 Å². The van der Waals surface area contributed by atoms with E-state index in [1.54, 1.807) is 39.0 Å². The van der Waals surface area contributed by atoms with E-state index >= 15 is 0 Å². The summed E-state index contributed by atoms with van der Waals surface area (Å²) >= 11 is 0.993. The molecule has 2 aromatic carbocycles. The van der Waals surface area contributed by atoms with Crippen molar-refractivity contribution in [3.63, 3.8) is 0 Å². The lowest BCUT2D eigenvalue weighted by molar-refractivity contribution is -0.114. The fourth-order valence-corrected chi connectivity index (χ4v) is 4.96. The zero-order valence-corrected chi connectivity index (χ0v) is 23.1. The molecule has 0 spiro atoms. The molecular formula is C30H29NO7S. The Morgan fingerprint density at radius 1 is 0.974 bits per heavy atom. The number of nitriles is 1. The molecule has 8 nitrogen and oxygen atoms in total. The second-order valence-electron chi connectivity index (χ2n) is 8.25. The van der Waals surface area contributed by atoms with Gasteiger partial charge in [0, 0.05) is 11.3 Å². The van der Waals surface area contributed by atoms with E-state index in [1.165, 1.54) is 13.2 Å². The van der Waals surface area contributed by atoms with E-state index in [-0.39, 0.29) is 35.6 Å². The number of hydrogen-bond acceptors (Lipinski definition) is 9. The highest BCUT2D eigenvalue weighted by Crippen LogP contribution is 2.32. The largest absolute Gasteiger partial charge is 0.493 e. The number of rotatable bonds is 12. The molecule has 0 bridgehead atoms. The van der Waals surface area contributed by atoms with Crippen LogP contribution in [0, 0.1) is 18.3 Å². The Bertz CT molecular complexity index is 1420. The Morgan fingerprint density at radius 2 is 1.67 bits per heavy atom. The predicted molar refractivity (Wildman–Crippen MR) is 147 cm³/mol. The number of benzene rings is 2. The van der Waals surface area contributed by atoms with Gasteiger partial charge in [-0.15, -0.1) is 11.3 Å². The highest BCUT2D eigenvalue weighted by Gasteiger charge is 2.28. The Morgan fingerprint density at radius 3 is 2.31 bits per heavy atom. The van der Waals surface area contributed by atoms with Gasteiger partial charge < -0.3 is 18.9 Å². The Labute approximate surface area is 231 Å². The van der Waals surface area contributed by atoms with Crippen LogP contribution in [0.2, 0.25) is 0 Å². The average molecular weight is 548 g/mol. The number of allylic oxidation sites excluding steroid dienone is 1. The number of ether oxygens (including phenoxy) is 4. The predicted octanol–water partition coefficient (Wildman–Crippen LogP) is 5.72. The molecule has 0 fully saturated rings. The summed E-state index contributed by atoms with van der Waals surface area (Å²) in [6.45, 7) is 5.60. The number of esters is 2. The molecule has 0 unspecified atom stereocenters. The van der Waals surface area contributed by atoms with Gasteiger partial charge in [0.2, 0.25) is 0 Å². The van der Waals surface area contributed by atoms with Crippen molar-refractivity contribution < 1.29 is 33.3 Å². The monoisotopic (exact) mass is 547 g/mol. The number of nitrogens with zero attached hydrogens (tertiary/aromatic N) is 1. The van der Waals surface area contributed by atoms with E-state index in [1.807, 2.05) is 36.4 Å². The minimum Gasteiger partial charge on any atom is -0.493 e. The van der Waals surface area contributed by atoms with Gasteiger partial charge in [0.25, 0.3) is 0 Å². The lowest BCUT2D eigenvalue weighted by Gasteiger charge is -2.11. The first kappa shape index (κ1) is 29.1. The van der Waals surface area contributed by atoms with Crippen molar-refractivity contribution in [1.29, 1.82) is 5.26 Å². The molecule has 0 aliphatic carbocycles. The van der Waals surface area contributed by atoms with Crippen LogP contribution < -0.4 is 9.47 Å². The number of carbonyl (C=O) groups excluding carboxylic acids is 3. The molecule has 0 amide bonds. The zero-order valence-electron chi connectivity index (χ0n) is 22.2. The maximum atomic E-state index is 13.2. The van der Waals surface area contributed by atoms with Crippen molar-refractivity contribution >= 4 is 35.1 Å². The second-order valence-corrected chi connectivity index (χ2v) is 9.35. The highest BCUT2D eigenvalue weighted by atomic mass is 32.1. The summed E-state index contributed by atoms with van der Waals surface area (Å²) in [5.41, 5.74) is 1.98. The smallest absolute Gasteiger partial charge is 0.348 e. The van der Waals surface area contributed by atoms with Crippen molar-refractivity contribution in [3.8, 4) is 17.6 Å². The quantitative estimate of drug-likeness (QED) is 0.161. The van der Waals surface area contributed by atoms with E-state index in [2.05, 4.69) is 0 Å². The van der Waals surface area contributed by atoms with E-state index in [9.17, 15) is 19.6 Å². The van der Waals surface area contributed by atoms with Crippen LogP contribution >= 0.6 is 11.3 Å². The number of ketones is 1. The molecule has 0 saturated carbocycles. The van der Waals surface area contributed by atoms with Crippen molar-refractivity contribution in [2.45, 2.75) is 33.8 Å². The Hall–Kier alpha value is -4.42. The zero-order chi connectivity index (χ0) is 28.4. The van der Waals surface area contributed by atoms with Crippen LogP contribution in [0.3, 0.4) is 0 Å². The van der Waals surface area contributed by atoms with Crippen molar-refractivity contribution in [2.24, 2.45) is 0 Å². The molecule has 0 N–H and O–H groups in total. The summed E-state index contributed by atoms with van der Waals surface area (Å²) in [6, 6.07) is 16.7. The van der Waals surface area contributed by atoms with E-state index in [0.717, 1.165) is 16.9 Å². The topological polar surface area (TPSA) is 112 Å². The normalized spacial score (nSPS) is 10.9. The first-order valence-corrected chi connectivity index (χ1v) is 13.1. The minimum atomic E-state index is -0.636. The average Bonchev–Trinajstić information content (AvgIpc) is 3.26. The number of Topliss-reactive ketones (excluding diaryl/α,β-unsaturated/α-hetero) is 1. The SMILES string of the molecule is CCOC(=O)c1sc(CC(=O)/C(C#N)=C/c2ccc(OCc3ccccc3)c(OC)c2)c(C(=O)OCC)c1C. The lowest BCUT2D eigenvalue weighted by Crippen LogP contribution is -2.12. The third kappa shape index (κ3) is 7.33. The van der Waals surface area contributed by atoms with Crippen LogP contribution in [-0.2, 0) is 27.3 Å². The summed E-state index contributed by atoms with van der Waals surface area (Å²) in [7, 11) is 1.51. The third-order valence-corrected chi connectivity index (χ3v) is 6.91. The van der Waals surface area contributed by atoms with Crippen LogP contribution in [0.1, 0.15) is 55.4 Å². The van der Waals surface area contributed by atoms with Crippen molar-refractivity contribution in [3.05, 3.63) is 86.1 Å². The van der Waals surface area contributed by atoms with Crippen LogP contribution in [-0.4, -0.2) is 38.0 Å². The Balaban J connectivity index is 1.86. The molecular weight excluding hydrogens is 518 g/mol. The summed E-state index contributed by atoms with van der Waals surface area (Å²) in [4.78, 5) is 38.8. The standard InChI is InChI=1S/C30H29NO7S/c1-5-36-29(33)27-19(3)28(30(34)37-6-2)39-26(27)16-23(32)22(17-31)14-21-12-13-24(25(15-21)35-4)38-18-20-10-8-7-9-11-20/h7-15H,5-6,16,18H2,1-4H3/b22-14+. The van der Waals surface area contributed by atoms with Gasteiger partial charge >= 0.3 is 11.9 Å². The molecule has 0 atom stereocenters. The fraction of sp³-hybridized carbons (Fsp3) is 0.267. The van der Waals surface area contributed by atoms with Gasteiger partial charge in [-0.05, 0) is 55.7 Å². The number of thiophene rings is 1. The molecule has 3 aromatic rings. The fourth-order valence-electron chi connectivity index (χ4n) is 3.77. The van der Waals surface area contributed by atoms with Gasteiger partial charge in [-0.1, -0.05) is 36.4 Å². The number of carbonyl (C=O) groups is 3. The summed E-state index contributed by atoms with van der Waals surface area (Å²) in [5, 5.41) is 9.75. The van der Waals surface area contributed by atoms with Gasteiger partial charge in [-0.3, -0.25) is 4.79 Å². The minimum absolute atomic E-state index is 0.117. The van der Waals surface area contributed by atoms with E-state index in [4.69, 9.17) is 18.9 Å².